The van der Waals surface area contributed by atoms with Gasteiger partial charge < -0.3 is 9.67 Å². The van der Waals surface area contributed by atoms with Crippen molar-refractivity contribution in [2.45, 2.75) is 19.2 Å². The van der Waals surface area contributed by atoms with E-state index in [9.17, 15) is 18.3 Å². The van der Waals surface area contributed by atoms with Crippen LogP contribution in [-0.2, 0) is 13.2 Å². The highest BCUT2D eigenvalue weighted by Gasteiger charge is 2.31. The molecule has 0 saturated carbocycles. The number of nitrogens with zero attached hydrogens (tertiary/aromatic N) is 2. The van der Waals surface area contributed by atoms with Crippen molar-refractivity contribution in [3.8, 4) is 0 Å². The summed E-state index contributed by atoms with van der Waals surface area (Å²) in [5.74, 6) is 0. The summed E-state index contributed by atoms with van der Waals surface area (Å²) < 4.78 is 39.3. The molecule has 0 spiro atoms. The molecular formula is C13H13F3N2O. The predicted molar refractivity (Wildman–Crippen MR) is 63.5 cm³/mol. The number of imidazole rings is 1. The van der Waals surface area contributed by atoms with Gasteiger partial charge in [-0.05, 0) is 30.2 Å². The molecule has 1 aromatic carbocycles. The summed E-state index contributed by atoms with van der Waals surface area (Å²) in [7, 11) is 1.75. The second-order valence-corrected chi connectivity index (χ2v) is 4.44. The predicted octanol–water partition coefficient (Wildman–Crippen LogP) is 2.83. The molecule has 0 radical (unpaired) electrons. The van der Waals surface area contributed by atoms with Crippen molar-refractivity contribution in [1.82, 2.24) is 9.55 Å². The summed E-state index contributed by atoms with van der Waals surface area (Å²) in [5, 5.41) is 10.1. The summed E-state index contributed by atoms with van der Waals surface area (Å²) in [6.45, 7) is 1.54. The Kier molecular flexibility index (Phi) is 3.36. The average Bonchev–Trinajstić information content (AvgIpc) is 2.73. The zero-order valence-corrected chi connectivity index (χ0v) is 10.4. The van der Waals surface area contributed by atoms with E-state index in [1.54, 1.807) is 17.8 Å². The van der Waals surface area contributed by atoms with Gasteiger partial charge in [0.2, 0.25) is 0 Å². The number of hydrogen-bond donors (Lipinski definition) is 1. The first kappa shape index (κ1) is 13.6. The number of hydrogen-bond acceptors (Lipinski definition) is 2. The quantitative estimate of drug-likeness (QED) is 0.911. The van der Waals surface area contributed by atoms with E-state index in [0.717, 1.165) is 12.1 Å². The molecule has 1 N–H and O–H groups in total. The third-order valence-electron chi connectivity index (χ3n) is 2.90. The molecule has 2 aromatic rings. The first-order valence-electron chi connectivity index (χ1n) is 5.62. The molecule has 1 aromatic heterocycles. The minimum absolute atomic E-state index is 0.382. The van der Waals surface area contributed by atoms with Gasteiger partial charge in [-0.1, -0.05) is 6.07 Å². The molecule has 1 atom stereocenters. The maximum atomic E-state index is 12.5. The summed E-state index contributed by atoms with van der Waals surface area (Å²) in [6, 6.07) is 3.29. The smallest absolute Gasteiger partial charge is 0.382 e. The minimum Gasteiger partial charge on any atom is -0.382 e. The molecule has 0 aliphatic rings. The highest BCUT2D eigenvalue weighted by Crippen LogP contribution is 2.32. The standard InChI is InChI=1S/C13H13F3N2O/c1-8-5-9(13(14,15)16)3-4-10(8)12(19)11-6-18(2)7-17-11/h3-7,12,19H,1-2H3. The Morgan fingerprint density at radius 3 is 2.47 bits per heavy atom. The third-order valence-corrected chi connectivity index (χ3v) is 2.90. The second kappa shape index (κ2) is 4.70. The monoisotopic (exact) mass is 270 g/mol. The Hall–Kier alpha value is -1.82. The van der Waals surface area contributed by atoms with Crippen molar-refractivity contribution in [2.24, 2.45) is 7.05 Å². The lowest BCUT2D eigenvalue weighted by Crippen LogP contribution is -2.08. The number of aromatic nitrogens is 2. The van der Waals surface area contributed by atoms with E-state index in [0.29, 0.717) is 16.8 Å². The van der Waals surface area contributed by atoms with E-state index in [1.807, 2.05) is 0 Å². The van der Waals surface area contributed by atoms with Gasteiger partial charge in [0.15, 0.2) is 0 Å². The zero-order chi connectivity index (χ0) is 14.2. The van der Waals surface area contributed by atoms with Gasteiger partial charge in [-0.2, -0.15) is 13.2 Å². The van der Waals surface area contributed by atoms with Crippen LogP contribution in [0.2, 0.25) is 0 Å². The van der Waals surface area contributed by atoms with E-state index >= 15 is 0 Å². The zero-order valence-electron chi connectivity index (χ0n) is 10.4. The van der Waals surface area contributed by atoms with Crippen LogP contribution in [0.1, 0.15) is 28.5 Å². The van der Waals surface area contributed by atoms with Crippen LogP contribution in [0.25, 0.3) is 0 Å². The number of aliphatic hydroxyl groups is 1. The Bertz CT molecular complexity index is 590. The van der Waals surface area contributed by atoms with Gasteiger partial charge in [-0.25, -0.2) is 4.98 Å². The Balaban J connectivity index is 2.36. The van der Waals surface area contributed by atoms with Crippen LogP contribution >= 0.6 is 0 Å². The Morgan fingerprint density at radius 2 is 2.00 bits per heavy atom. The topological polar surface area (TPSA) is 38.0 Å². The second-order valence-electron chi connectivity index (χ2n) is 4.44. The van der Waals surface area contributed by atoms with E-state index in [1.165, 1.54) is 19.3 Å². The van der Waals surface area contributed by atoms with Gasteiger partial charge in [-0.3, -0.25) is 0 Å². The molecule has 1 heterocycles. The lowest BCUT2D eigenvalue weighted by Gasteiger charge is -2.14. The summed E-state index contributed by atoms with van der Waals surface area (Å²) in [4.78, 5) is 4.00. The number of alkyl halides is 3. The molecule has 0 aliphatic heterocycles. The molecule has 0 amide bonds. The number of rotatable bonds is 2. The first-order valence-corrected chi connectivity index (χ1v) is 5.62. The van der Waals surface area contributed by atoms with E-state index in [4.69, 9.17) is 0 Å². The van der Waals surface area contributed by atoms with Gasteiger partial charge in [0.1, 0.15) is 6.10 Å². The van der Waals surface area contributed by atoms with Gasteiger partial charge in [0, 0.05) is 13.2 Å². The average molecular weight is 270 g/mol. The van der Waals surface area contributed by atoms with Crippen molar-refractivity contribution >= 4 is 0 Å². The van der Waals surface area contributed by atoms with Crippen LogP contribution in [0.4, 0.5) is 13.2 Å². The molecule has 0 aliphatic carbocycles. The van der Waals surface area contributed by atoms with Gasteiger partial charge in [0.05, 0.1) is 17.6 Å². The van der Waals surface area contributed by atoms with Crippen molar-refractivity contribution in [3.05, 3.63) is 53.1 Å². The van der Waals surface area contributed by atoms with Gasteiger partial charge in [0.25, 0.3) is 0 Å². The molecular weight excluding hydrogens is 257 g/mol. The van der Waals surface area contributed by atoms with Crippen molar-refractivity contribution in [2.75, 3.05) is 0 Å². The summed E-state index contributed by atoms with van der Waals surface area (Å²) >= 11 is 0. The van der Waals surface area contributed by atoms with Crippen LogP contribution < -0.4 is 0 Å². The minimum atomic E-state index is -4.38. The highest BCUT2D eigenvalue weighted by molar-refractivity contribution is 5.36. The van der Waals surface area contributed by atoms with Crippen molar-refractivity contribution < 1.29 is 18.3 Å². The lowest BCUT2D eigenvalue weighted by atomic mass is 9.99. The SMILES string of the molecule is Cc1cc(C(F)(F)F)ccc1C(O)c1cn(C)cn1. The van der Waals surface area contributed by atoms with Crippen molar-refractivity contribution in [3.63, 3.8) is 0 Å². The van der Waals surface area contributed by atoms with E-state index in [-0.39, 0.29) is 0 Å². The Morgan fingerprint density at radius 1 is 1.32 bits per heavy atom. The maximum absolute atomic E-state index is 12.5. The first-order chi connectivity index (χ1) is 8.79. The number of benzene rings is 1. The molecule has 19 heavy (non-hydrogen) atoms. The van der Waals surface area contributed by atoms with Crippen LogP contribution in [0.5, 0.6) is 0 Å². The van der Waals surface area contributed by atoms with Crippen LogP contribution in [0.15, 0.2) is 30.7 Å². The Labute approximate surface area is 108 Å². The molecule has 2 rings (SSSR count). The van der Waals surface area contributed by atoms with Crippen LogP contribution in [0, 0.1) is 6.92 Å². The van der Waals surface area contributed by atoms with E-state index in [2.05, 4.69) is 4.98 Å². The number of aryl methyl sites for hydroxylation is 2. The highest BCUT2D eigenvalue weighted by atomic mass is 19.4. The number of halogens is 3. The molecule has 1 unspecified atom stereocenters. The van der Waals surface area contributed by atoms with Crippen LogP contribution in [0.3, 0.4) is 0 Å². The molecule has 0 saturated heterocycles. The molecule has 0 fully saturated rings. The fourth-order valence-electron chi connectivity index (χ4n) is 1.89. The molecule has 102 valence electrons. The van der Waals surface area contributed by atoms with Gasteiger partial charge >= 0.3 is 6.18 Å². The van der Waals surface area contributed by atoms with Crippen LogP contribution in [-0.4, -0.2) is 14.7 Å². The normalized spacial score (nSPS) is 13.6. The molecule has 0 bridgehead atoms. The molecule has 6 heteroatoms. The summed E-state index contributed by atoms with van der Waals surface area (Å²) in [6.07, 6.45) is -2.25. The fourth-order valence-corrected chi connectivity index (χ4v) is 1.89. The fraction of sp³-hybridized carbons (Fsp3) is 0.308. The lowest BCUT2D eigenvalue weighted by molar-refractivity contribution is -0.137. The third kappa shape index (κ3) is 2.78. The van der Waals surface area contributed by atoms with Crippen molar-refractivity contribution in [1.29, 1.82) is 0 Å². The maximum Gasteiger partial charge on any atom is 0.416 e. The number of aliphatic hydroxyl groups excluding tert-OH is 1. The largest absolute Gasteiger partial charge is 0.416 e. The molecule has 3 nitrogen and oxygen atoms in total. The summed E-state index contributed by atoms with van der Waals surface area (Å²) in [5.41, 5.74) is 0.493. The van der Waals surface area contributed by atoms with Gasteiger partial charge in [-0.15, -0.1) is 0 Å². The van der Waals surface area contributed by atoms with E-state index < -0.39 is 17.8 Å².